The predicted molar refractivity (Wildman–Crippen MR) is 103 cm³/mol. The molecule has 1 aromatic carbocycles. The molecule has 138 valence electrons. The molecule has 2 rings (SSSR count). The van der Waals surface area contributed by atoms with Gasteiger partial charge in [-0.25, -0.2) is 4.79 Å². The van der Waals surface area contributed by atoms with E-state index in [2.05, 4.69) is 15.3 Å². The first-order valence-electron chi connectivity index (χ1n) is 8.04. The number of thioether (sulfide) groups is 1. The molecule has 1 amide bonds. The largest absolute Gasteiger partial charge is 0.394 e. The number of carbonyl (C=O) groups is 1. The van der Waals surface area contributed by atoms with Crippen molar-refractivity contribution in [2.75, 3.05) is 12.4 Å². The summed E-state index contributed by atoms with van der Waals surface area (Å²) in [5.74, 6) is 0.924. The van der Waals surface area contributed by atoms with Gasteiger partial charge in [-0.3, -0.25) is 14.6 Å². The Bertz CT molecular complexity index is 874. The van der Waals surface area contributed by atoms with E-state index in [0.29, 0.717) is 11.4 Å². The van der Waals surface area contributed by atoms with E-state index in [4.69, 9.17) is 0 Å². The molecule has 1 heterocycles. The number of aromatic amines is 2. The number of amides is 1. The minimum Gasteiger partial charge on any atom is -0.394 e. The second-order valence-electron chi connectivity index (χ2n) is 5.67. The normalized spacial score (nSPS) is 12.2. The van der Waals surface area contributed by atoms with Gasteiger partial charge in [0.15, 0.2) is 0 Å². The van der Waals surface area contributed by atoms with E-state index in [-0.39, 0.29) is 12.2 Å². The molecule has 0 saturated heterocycles. The fraction of sp³-hybridized carbons (Fsp3) is 0.278. The summed E-state index contributed by atoms with van der Waals surface area (Å²) >= 11 is 1.61. The van der Waals surface area contributed by atoms with Crippen LogP contribution in [0.1, 0.15) is 16.8 Å². The number of aliphatic hydroxyl groups excluding tert-OH is 1. The molecule has 0 saturated carbocycles. The Labute approximate surface area is 154 Å². The molecule has 0 radical (unpaired) electrons. The first-order valence-corrected chi connectivity index (χ1v) is 9.19. The Hall–Kier alpha value is -2.58. The lowest BCUT2D eigenvalue weighted by molar-refractivity contribution is -0.117. The van der Waals surface area contributed by atoms with Crippen molar-refractivity contribution in [2.24, 2.45) is 0 Å². The topological polar surface area (TPSA) is 115 Å². The van der Waals surface area contributed by atoms with E-state index >= 15 is 0 Å². The van der Waals surface area contributed by atoms with Crippen molar-refractivity contribution < 1.29 is 9.90 Å². The van der Waals surface area contributed by atoms with Crippen molar-refractivity contribution in [3.05, 3.63) is 74.1 Å². The summed E-state index contributed by atoms with van der Waals surface area (Å²) in [7, 11) is 0. The third-order valence-corrected chi connectivity index (χ3v) is 4.75. The average Bonchev–Trinajstić information content (AvgIpc) is 2.60. The summed E-state index contributed by atoms with van der Waals surface area (Å²) in [6.07, 6.45) is 2.55. The highest BCUT2D eigenvalue weighted by Crippen LogP contribution is 2.12. The molecule has 0 bridgehead atoms. The van der Waals surface area contributed by atoms with Gasteiger partial charge in [0.1, 0.15) is 0 Å². The lowest BCUT2D eigenvalue weighted by atomic mass is 10.2. The standard InChI is InChI=1S/C18H21N3O4S/c1-12-15(17(24)21-18(25)19-12)7-8-16(23)20-14(9-22)11-26-10-13-5-3-2-4-6-13/h2-8,14,22H,9-11H2,1H3,(H,20,23)(H2,19,21,24,25)/b8-7-/t14-/m0/s1. The fourth-order valence-electron chi connectivity index (χ4n) is 2.25. The Morgan fingerprint density at radius 1 is 1.27 bits per heavy atom. The van der Waals surface area contributed by atoms with Crippen molar-refractivity contribution in [3.63, 3.8) is 0 Å². The van der Waals surface area contributed by atoms with Gasteiger partial charge in [-0.1, -0.05) is 30.3 Å². The Morgan fingerprint density at radius 3 is 2.65 bits per heavy atom. The molecule has 1 atom stereocenters. The van der Waals surface area contributed by atoms with Crippen LogP contribution >= 0.6 is 11.8 Å². The predicted octanol–water partition coefficient (Wildman–Crippen LogP) is 0.795. The first kappa shape index (κ1) is 19.7. The summed E-state index contributed by atoms with van der Waals surface area (Å²) in [5, 5.41) is 12.1. The van der Waals surface area contributed by atoms with Crippen molar-refractivity contribution in [1.82, 2.24) is 15.3 Å². The fourth-order valence-corrected chi connectivity index (χ4v) is 3.27. The molecule has 1 aromatic heterocycles. The van der Waals surface area contributed by atoms with Crippen LogP contribution in [0, 0.1) is 6.92 Å². The number of carbonyl (C=O) groups excluding carboxylic acids is 1. The van der Waals surface area contributed by atoms with Crippen LogP contribution in [-0.4, -0.2) is 39.4 Å². The van der Waals surface area contributed by atoms with Gasteiger partial charge in [-0.2, -0.15) is 11.8 Å². The minimum absolute atomic E-state index is 0.181. The molecule has 0 unspecified atom stereocenters. The zero-order valence-corrected chi connectivity index (χ0v) is 15.1. The van der Waals surface area contributed by atoms with Crippen LogP contribution in [0.2, 0.25) is 0 Å². The number of H-pyrrole nitrogens is 2. The SMILES string of the molecule is Cc1[nH]c(=O)[nH]c(=O)c1/C=C\C(=O)N[C@@H](CO)CSCc1ccccc1. The van der Waals surface area contributed by atoms with Crippen molar-refractivity contribution in [1.29, 1.82) is 0 Å². The molecule has 4 N–H and O–H groups in total. The van der Waals surface area contributed by atoms with Crippen LogP contribution in [0.5, 0.6) is 0 Å². The highest BCUT2D eigenvalue weighted by molar-refractivity contribution is 7.98. The second kappa shape index (κ2) is 9.79. The Morgan fingerprint density at radius 2 is 2.00 bits per heavy atom. The van der Waals surface area contributed by atoms with Crippen LogP contribution < -0.4 is 16.6 Å². The molecule has 2 aromatic rings. The van der Waals surface area contributed by atoms with E-state index in [0.717, 1.165) is 5.75 Å². The van der Waals surface area contributed by atoms with E-state index in [1.165, 1.54) is 17.7 Å². The van der Waals surface area contributed by atoms with Crippen LogP contribution in [0.25, 0.3) is 6.08 Å². The second-order valence-corrected chi connectivity index (χ2v) is 6.70. The van der Waals surface area contributed by atoms with E-state index in [1.54, 1.807) is 18.7 Å². The lowest BCUT2D eigenvalue weighted by Crippen LogP contribution is -2.38. The molecule has 7 nitrogen and oxygen atoms in total. The molecule has 26 heavy (non-hydrogen) atoms. The number of aryl methyl sites for hydroxylation is 1. The Balaban J connectivity index is 1.88. The van der Waals surface area contributed by atoms with E-state index in [9.17, 15) is 19.5 Å². The molecule has 0 spiro atoms. The molecule has 8 heteroatoms. The summed E-state index contributed by atoms with van der Waals surface area (Å²) in [4.78, 5) is 39.4. The number of rotatable bonds is 8. The van der Waals surface area contributed by atoms with Gasteiger partial charge in [0, 0.05) is 23.3 Å². The molecule has 0 aliphatic rings. The molecular weight excluding hydrogens is 354 g/mol. The zero-order valence-electron chi connectivity index (χ0n) is 14.3. The maximum absolute atomic E-state index is 12.0. The third kappa shape index (κ3) is 6.05. The van der Waals surface area contributed by atoms with Gasteiger partial charge in [-0.15, -0.1) is 0 Å². The van der Waals surface area contributed by atoms with E-state index in [1.807, 2.05) is 30.3 Å². The quantitative estimate of drug-likeness (QED) is 0.510. The number of benzene rings is 1. The highest BCUT2D eigenvalue weighted by atomic mass is 32.2. The van der Waals surface area contributed by atoms with Crippen LogP contribution in [-0.2, 0) is 10.5 Å². The van der Waals surface area contributed by atoms with Gasteiger partial charge >= 0.3 is 5.69 Å². The maximum Gasteiger partial charge on any atom is 0.325 e. The van der Waals surface area contributed by atoms with Gasteiger partial charge in [0.2, 0.25) is 5.91 Å². The van der Waals surface area contributed by atoms with Gasteiger partial charge < -0.3 is 15.4 Å². The average molecular weight is 375 g/mol. The third-order valence-electron chi connectivity index (χ3n) is 3.58. The van der Waals surface area contributed by atoms with Crippen LogP contribution in [0.15, 0.2) is 46.0 Å². The maximum atomic E-state index is 12.0. The lowest BCUT2D eigenvalue weighted by Gasteiger charge is -2.14. The van der Waals surface area contributed by atoms with Crippen molar-refractivity contribution >= 4 is 23.7 Å². The van der Waals surface area contributed by atoms with Gasteiger partial charge in [0.05, 0.1) is 18.2 Å². The zero-order chi connectivity index (χ0) is 18.9. The molecule has 0 aliphatic carbocycles. The van der Waals surface area contributed by atoms with Crippen LogP contribution in [0.4, 0.5) is 0 Å². The van der Waals surface area contributed by atoms with Gasteiger partial charge in [0.25, 0.3) is 5.56 Å². The van der Waals surface area contributed by atoms with Crippen molar-refractivity contribution in [2.45, 2.75) is 18.7 Å². The Kier molecular flexibility index (Phi) is 7.43. The summed E-state index contributed by atoms with van der Waals surface area (Å²) < 4.78 is 0. The monoisotopic (exact) mass is 375 g/mol. The van der Waals surface area contributed by atoms with Crippen LogP contribution in [0.3, 0.4) is 0 Å². The number of aliphatic hydroxyl groups is 1. The summed E-state index contributed by atoms with van der Waals surface area (Å²) in [6.45, 7) is 1.39. The van der Waals surface area contributed by atoms with Crippen molar-refractivity contribution in [3.8, 4) is 0 Å². The number of aromatic nitrogens is 2. The molecule has 0 aliphatic heterocycles. The summed E-state index contributed by atoms with van der Waals surface area (Å²) in [6, 6.07) is 9.53. The number of nitrogens with one attached hydrogen (secondary N) is 3. The highest BCUT2D eigenvalue weighted by Gasteiger charge is 2.10. The van der Waals surface area contributed by atoms with E-state index < -0.39 is 23.2 Å². The molecule has 0 fully saturated rings. The summed E-state index contributed by atoms with van der Waals surface area (Å²) in [5.41, 5.74) is 0.601. The number of hydrogen-bond donors (Lipinski definition) is 4. The smallest absolute Gasteiger partial charge is 0.325 e. The number of hydrogen-bond acceptors (Lipinski definition) is 5. The van der Waals surface area contributed by atoms with Gasteiger partial charge in [-0.05, 0) is 18.6 Å². The molecular formula is C18H21N3O4S. The first-order chi connectivity index (χ1) is 12.5. The minimum atomic E-state index is -0.593.